The van der Waals surface area contributed by atoms with Crippen molar-refractivity contribution in [1.82, 2.24) is 0 Å². The van der Waals surface area contributed by atoms with Crippen LogP contribution in [0.1, 0.15) is 137 Å². The van der Waals surface area contributed by atoms with E-state index in [-0.39, 0.29) is 31.8 Å². The molecule has 0 bridgehead atoms. The lowest BCUT2D eigenvalue weighted by atomic mass is 9.70. The molecule has 0 radical (unpaired) electrons. The van der Waals surface area contributed by atoms with Crippen molar-refractivity contribution in [3.63, 3.8) is 0 Å². The summed E-state index contributed by atoms with van der Waals surface area (Å²) in [7, 11) is -4.09. The van der Waals surface area contributed by atoms with Crippen LogP contribution in [0.5, 0.6) is 0 Å². The third-order valence-corrected chi connectivity index (χ3v) is 18.6. The van der Waals surface area contributed by atoms with Crippen molar-refractivity contribution in [2.45, 2.75) is 120 Å². The predicted octanol–water partition coefficient (Wildman–Crippen LogP) is 17.4. The molecule has 0 fully saturated rings. The second kappa shape index (κ2) is 20.0. The first-order valence-electron chi connectivity index (χ1n) is 26.0. The number of hydrogen-bond donors (Lipinski definition) is 1. The minimum absolute atomic E-state index is 0.00166. The number of hydrogen-bond acceptors (Lipinski definition) is 6. The highest BCUT2D eigenvalue weighted by Crippen LogP contribution is 2.58. The summed E-state index contributed by atoms with van der Waals surface area (Å²) in [5, 5.41) is 19.9. The number of nitrogens with zero attached hydrogens (tertiary/aromatic N) is 2. The summed E-state index contributed by atoms with van der Waals surface area (Å²) in [6, 6.07) is 53.2. The molecule has 0 saturated carbocycles. The van der Waals surface area contributed by atoms with Crippen LogP contribution in [0.4, 0.5) is 17.1 Å². The molecular weight excluding hydrogens is 925 g/mol. The summed E-state index contributed by atoms with van der Waals surface area (Å²) < 4.78 is 27.9. The fourth-order valence-electron chi connectivity index (χ4n) is 12.3. The summed E-state index contributed by atoms with van der Waals surface area (Å²) in [6.07, 6.45) is 15.1. The van der Waals surface area contributed by atoms with Gasteiger partial charge in [-0.05, 0) is 136 Å². The first kappa shape index (κ1) is 48.8. The number of fused-ring (bicyclic) bond motifs is 7. The van der Waals surface area contributed by atoms with E-state index in [0.29, 0.717) is 4.88 Å². The molecule has 10 rings (SSSR count). The van der Waals surface area contributed by atoms with E-state index in [2.05, 4.69) is 142 Å². The molecule has 0 atom stereocenters. The molecule has 364 valence electrons. The van der Waals surface area contributed by atoms with Crippen LogP contribution in [0.3, 0.4) is 0 Å². The van der Waals surface area contributed by atoms with Crippen LogP contribution in [0.15, 0.2) is 161 Å². The van der Waals surface area contributed by atoms with E-state index in [1.54, 1.807) is 24.3 Å². The smallest absolute Gasteiger partial charge is 0.347 e. The molecule has 72 heavy (non-hydrogen) atoms. The predicted molar refractivity (Wildman–Crippen MR) is 297 cm³/mol. The summed E-state index contributed by atoms with van der Waals surface area (Å²) in [6.45, 7) is 9.22. The first-order chi connectivity index (χ1) is 35.0. The van der Waals surface area contributed by atoms with Gasteiger partial charge in [0.1, 0.15) is 11.6 Å². The van der Waals surface area contributed by atoms with Crippen LogP contribution in [0, 0.1) is 11.3 Å². The molecule has 7 aromatic rings. The molecule has 6 aromatic carbocycles. The van der Waals surface area contributed by atoms with Gasteiger partial charge >= 0.3 is 5.97 Å². The average Bonchev–Trinajstić information content (AvgIpc) is 4.12. The van der Waals surface area contributed by atoms with Crippen molar-refractivity contribution < 1.29 is 18.3 Å². The Morgan fingerprint density at radius 3 is 1.53 bits per heavy atom. The second-order valence-corrected chi connectivity index (χ2v) is 22.9. The Morgan fingerprint density at radius 1 is 0.583 bits per heavy atom. The fourth-order valence-corrected chi connectivity index (χ4v) is 15.0. The highest BCUT2D eigenvalue weighted by Gasteiger charge is 2.45. The lowest BCUT2D eigenvalue weighted by Crippen LogP contribution is -2.26. The van der Waals surface area contributed by atoms with Gasteiger partial charge in [0.25, 0.3) is 0 Å². The van der Waals surface area contributed by atoms with Crippen LogP contribution >= 0.6 is 11.3 Å². The van der Waals surface area contributed by atoms with Gasteiger partial charge < -0.3 is 10.0 Å². The summed E-state index contributed by atoms with van der Waals surface area (Å²) >= 11 is 1.42. The van der Waals surface area contributed by atoms with E-state index >= 15 is 0 Å². The van der Waals surface area contributed by atoms with Crippen molar-refractivity contribution in [1.29, 1.82) is 5.26 Å². The molecule has 0 saturated heterocycles. The maximum absolute atomic E-state index is 13.9. The Hall–Kier alpha value is -6.79. The third-order valence-electron chi connectivity index (χ3n) is 15.7. The maximum Gasteiger partial charge on any atom is 0.347 e. The fraction of sp³-hybridized carbons (Fsp3) is 0.281. The van der Waals surface area contributed by atoms with Gasteiger partial charge in [0, 0.05) is 48.8 Å². The van der Waals surface area contributed by atoms with Crippen LogP contribution in [-0.2, 0) is 25.5 Å². The number of allylic oxidation sites excluding steroid dienone is 1. The number of sulfone groups is 1. The Balaban J connectivity index is 1.11. The average molecular weight is 987 g/mol. The van der Waals surface area contributed by atoms with Gasteiger partial charge in [-0.3, -0.25) is 0 Å². The van der Waals surface area contributed by atoms with Crippen LogP contribution in [0.2, 0.25) is 0 Å². The second-order valence-electron chi connectivity index (χ2n) is 19.9. The lowest BCUT2D eigenvalue weighted by Gasteiger charge is -2.35. The van der Waals surface area contributed by atoms with Gasteiger partial charge in [-0.25, -0.2) is 13.2 Å². The van der Waals surface area contributed by atoms with Crippen molar-refractivity contribution in [3.05, 3.63) is 189 Å². The van der Waals surface area contributed by atoms with Crippen LogP contribution < -0.4 is 4.90 Å². The first-order valence-corrected chi connectivity index (χ1v) is 28.3. The van der Waals surface area contributed by atoms with Gasteiger partial charge in [-0.1, -0.05) is 170 Å². The largest absolute Gasteiger partial charge is 0.477 e. The van der Waals surface area contributed by atoms with E-state index in [0.717, 1.165) is 105 Å². The number of benzene rings is 6. The number of carboxylic acids is 1. The number of thiophene rings is 1. The highest BCUT2D eigenvalue weighted by atomic mass is 32.2. The molecule has 0 unspecified atom stereocenters. The van der Waals surface area contributed by atoms with Gasteiger partial charge in [-0.15, -0.1) is 11.3 Å². The standard InChI is InChI=1S/C64H62N2O4S2/c1-5-9-35-63(36-10-6-2)54-22-16-13-19-48(54)50-32-29-45(39-56(50)63)66(46-30-33-51-49-20-14-17-23-55(49)64(37-11-7-3,38-12-8-4)57(51)40-46)44-27-25-43(26-28-44)58-34-31-47(71-58)41-60-61(53(42-65)62(67)68)52-21-15-18-24-59(52)72(60,69)70/h13-34,39-41H,5-12,35-38H2,1-4H3,(H,67,68)/b60-41-,61-53+. The Kier molecular flexibility index (Phi) is 13.6. The molecule has 1 aromatic heterocycles. The summed E-state index contributed by atoms with van der Waals surface area (Å²) in [4.78, 5) is 16.1. The summed E-state index contributed by atoms with van der Waals surface area (Å²) in [5.74, 6) is -1.47. The quantitative estimate of drug-likeness (QED) is 0.0679. The monoisotopic (exact) mass is 986 g/mol. The zero-order valence-electron chi connectivity index (χ0n) is 41.8. The molecular formula is C64H62N2O4S2. The Labute approximate surface area is 430 Å². The topological polar surface area (TPSA) is 98.5 Å². The number of unbranched alkanes of at least 4 members (excludes halogenated alkanes) is 4. The van der Waals surface area contributed by atoms with Gasteiger partial charge in [0.2, 0.25) is 9.84 Å². The molecule has 6 nitrogen and oxygen atoms in total. The Morgan fingerprint density at radius 2 is 1.04 bits per heavy atom. The van der Waals surface area contributed by atoms with Gasteiger partial charge in [-0.2, -0.15) is 5.26 Å². The van der Waals surface area contributed by atoms with Gasteiger partial charge in [0.05, 0.1) is 9.80 Å². The minimum Gasteiger partial charge on any atom is -0.477 e. The van der Waals surface area contributed by atoms with Crippen molar-refractivity contribution >= 4 is 55.9 Å². The molecule has 0 amide bonds. The van der Waals surface area contributed by atoms with Crippen molar-refractivity contribution in [2.24, 2.45) is 0 Å². The number of carboxylic acid groups (broad SMARTS) is 1. The number of rotatable bonds is 18. The van der Waals surface area contributed by atoms with Gasteiger partial charge in [0.15, 0.2) is 0 Å². The molecule has 1 aliphatic heterocycles. The number of nitriles is 1. The zero-order chi connectivity index (χ0) is 50.2. The van der Waals surface area contributed by atoms with E-state index in [4.69, 9.17) is 0 Å². The number of aliphatic carboxylic acids is 1. The zero-order valence-corrected chi connectivity index (χ0v) is 43.4. The lowest BCUT2D eigenvalue weighted by molar-refractivity contribution is -0.132. The number of carbonyl (C=O) groups is 1. The molecule has 8 heteroatoms. The SMILES string of the molecule is CCCCC1(CCCC)c2ccccc2-c2ccc(N(c3ccc(-c4ccc(/C=C5/C(=C(\C#N)C(=O)O)c6ccccc6S5(=O)=O)s4)cc3)c3ccc4c(c3)C(CCCC)(CCCC)c3ccccc3-4)cc21. The number of anilines is 3. The molecule has 0 spiro atoms. The van der Waals surface area contributed by atoms with E-state index < -0.39 is 21.4 Å². The van der Waals surface area contributed by atoms with Crippen LogP contribution in [-0.4, -0.2) is 19.5 Å². The molecule has 1 N–H and O–H groups in total. The van der Waals surface area contributed by atoms with E-state index in [1.165, 1.54) is 68.0 Å². The molecule has 2 aliphatic carbocycles. The van der Waals surface area contributed by atoms with Crippen molar-refractivity contribution in [2.75, 3.05) is 4.90 Å². The highest BCUT2D eigenvalue weighted by molar-refractivity contribution is 7.96. The molecule has 2 heterocycles. The Bertz CT molecular complexity index is 3310. The minimum atomic E-state index is -4.09. The van der Waals surface area contributed by atoms with Crippen molar-refractivity contribution in [3.8, 4) is 38.8 Å². The van der Waals surface area contributed by atoms with Crippen LogP contribution in [0.25, 0.3) is 44.3 Å². The third kappa shape index (κ3) is 8.15. The van der Waals surface area contributed by atoms with E-state index in [9.17, 15) is 23.6 Å². The maximum atomic E-state index is 13.9. The summed E-state index contributed by atoms with van der Waals surface area (Å²) in [5.41, 5.74) is 14.8. The normalized spacial score (nSPS) is 16.3. The molecule has 3 aliphatic rings. The van der Waals surface area contributed by atoms with E-state index in [1.807, 2.05) is 12.1 Å².